The number of benzene rings is 1. The number of hydrogen-bond acceptors (Lipinski definition) is 7. The number of carbonyl (C=O) groups excluding carboxylic acids is 1. The van der Waals surface area contributed by atoms with E-state index in [1.165, 1.54) is 46.9 Å². The number of thioether (sulfide) groups is 1. The smallest absolute Gasteiger partial charge is 0.280 e. The Kier molecular flexibility index (Phi) is 4.45. The fourth-order valence-corrected chi connectivity index (χ4v) is 3.51. The summed E-state index contributed by atoms with van der Waals surface area (Å²) in [5.41, 5.74) is 0.579. The van der Waals surface area contributed by atoms with E-state index in [2.05, 4.69) is 10.4 Å². The zero-order valence-electron chi connectivity index (χ0n) is 12.8. The largest absolute Gasteiger partial charge is 0.303 e. The number of nitrogens with zero attached hydrogens (tertiary/aromatic N) is 3. The van der Waals surface area contributed by atoms with Crippen LogP contribution in [0, 0.1) is 10.1 Å². The second-order valence-electron chi connectivity index (χ2n) is 5.26. The summed E-state index contributed by atoms with van der Waals surface area (Å²) in [7, 11) is 1.56. The number of ketones is 1. The third kappa shape index (κ3) is 2.95. The summed E-state index contributed by atoms with van der Waals surface area (Å²) in [6.07, 6.45) is 1.52. The van der Waals surface area contributed by atoms with Crippen molar-refractivity contribution in [1.82, 2.24) is 15.1 Å². The Balaban J connectivity index is 2.00. The van der Waals surface area contributed by atoms with E-state index in [9.17, 15) is 19.7 Å². The molecule has 0 saturated carbocycles. The zero-order chi connectivity index (χ0) is 17.3. The first-order valence-electron chi connectivity index (χ1n) is 7.20. The molecule has 8 nitrogen and oxygen atoms in total. The molecule has 9 heteroatoms. The van der Waals surface area contributed by atoms with Crippen LogP contribution in [0.25, 0.3) is 0 Å². The van der Waals surface area contributed by atoms with Gasteiger partial charge in [0.05, 0.1) is 22.1 Å². The number of rotatable bonds is 3. The van der Waals surface area contributed by atoms with Crippen molar-refractivity contribution in [3.8, 4) is 0 Å². The number of nitro benzene ring substituents is 1. The fourth-order valence-electron chi connectivity index (χ4n) is 2.50. The van der Waals surface area contributed by atoms with Gasteiger partial charge in [-0.2, -0.15) is 5.10 Å². The Labute approximate surface area is 141 Å². The first-order valence-corrected chi connectivity index (χ1v) is 8.18. The third-order valence-corrected chi connectivity index (χ3v) is 4.86. The van der Waals surface area contributed by atoms with Crippen LogP contribution in [0.3, 0.4) is 0 Å². The molecule has 0 bridgehead atoms. The molecule has 1 aliphatic rings. The highest BCUT2D eigenvalue weighted by molar-refractivity contribution is 7.99. The monoisotopic (exact) mass is 346 g/mol. The molecule has 1 aliphatic heterocycles. The van der Waals surface area contributed by atoms with Crippen LogP contribution >= 0.6 is 11.8 Å². The highest BCUT2D eigenvalue weighted by atomic mass is 32.2. The second kappa shape index (κ2) is 6.54. The van der Waals surface area contributed by atoms with E-state index in [1.807, 2.05) is 0 Å². The average molecular weight is 346 g/mol. The Morgan fingerprint density at radius 1 is 1.42 bits per heavy atom. The molecule has 0 spiro atoms. The lowest BCUT2D eigenvalue weighted by Crippen LogP contribution is -2.31. The van der Waals surface area contributed by atoms with Crippen molar-refractivity contribution in [1.29, 1.82) is 0 Å². The van der Waals surface area contributed by atoms with Crippen molar-refractivity contribution in [3.05, 3.63) is 62.1 Å². The molecule has 1 N–H and O–H groups in total. The van der Waals surface area contributed by atoms with Crippen molar-refractivity contribution >= 4 is 23.2 Å². The molecule has 124 valence electrons. The Morgan fingerprint density at radius 3 is 2.79 bits per heavy atom. The SMILES string of the molecule is Cn1ncc2c(c1=O)SCCNC2C(=O)c1ccc([N+](=O)[O-])cc1. The number of carbonyl (C=O) groups is 1. The summed E-state index contributed by atoms with van der Waals surface area (Å²) >= 11 is 1.40. The van der Waals surface area contributed by atoms with E-state index in [-0.39, 0.29) is 17.0 Å². The van der Waals surface area contributed by atoms with Crippen LogP contribution in [-0.2, 0) is 7.05 Å². The second-order valence-corrected chi connectivity index (χ2v) is 6.37. The maximum Gasteiger partial charge on any atom is 0.280 e. The number of nitrogens with one attached hydrogen (secondary N) is 1. The number of nitro groups is 1. The molecule has 2 aromatic rings. The minimum absolute atomic E-state index is 0.0770. The molecule has 1 unspecified atom stereocenters. The first kappa shape index (κ1) is 16.3. The van der Waals surface area contributed by atoms with Gasteiger partial charge in [0.15, 0.2) is 5.78 Å². The standard InChI is InChI=1S/C15H14N4O4S/c1-18-15(21)14-11(8-17-18)12(16-6-7-24-14)13(20)9-2-4-10(5-3-9)19(22)23/h2-5,8,12,16H,6-7H2,1H3. The Hall–Kier alpha value is -2.52. The zero-order valence-corrected chi connectivity index (χ0v) is 13.6. The van der Waals surface area contributed by atoms with E-state index < -0.39 is 11.0 Å². The lowest BCUT2D eigenvalue weighted by Gasteiger charge is -2.17. The maximum absolute atomic E-state index is 12.8. The van der Waals surface area contributed by atoms with Crippen LogP contribution in [-0.4, -0.2) is 32.8 Å². The normalized spacial score (nSPS) is 17.0. The lowest BCUT2D eigenvalue weighted by molar-refractivity contribution is -0.384. The Morgan fingerprint density at radius 2 is 2.12 bits per heavy atom. The summed E-state index contributed by atoms with van der Waals surface area (Å²) in [6.45, 7) is 0.561. The molecular weight excluding hydrogens is 332 g/mol. The number of aryl methyl sites for hydroxylation is 1. The van der Waals surface area contributed by atoms with Crippen molar-refractivity contribution in [2.24, 2.45) is 7.05 Å². The molecule has 0 aliphatic carbocycles. The van der Waals surface area contributed by atoms with Crippen LogP contribution in [0.4, 0.5) is 5.69 Å². The van der Waals surface area contributed by atoms with Crippen LogP contribution in [0.15, 0.2) is 40.2 Å². The fraction of sp³-hybridized carbons (Fsp3) is 0.267. The van der Waals surface area contributed by atoms with Crippen LogP contribution in [0.1, 0.15) is 22.0 Å². The molecule has 1 aromatic carbocycles. The predicted molar refractivity (Wildman–Crippen MR) is 88.4 cm³/mol. The molecule has 0 radical (unpaired) electrons. The number of non-ortho nitro benzene ring substituents is 1. The number of hydrogen-bond donors (Lipinski definition) is 1. The van der Waals surface area contributed by atoms with Gasteiger partial charge in [-0.3, -0.25) is 19.7 Å². The van der Waals surface area contributed by atoms with E-state index in [0.29, 0.717) is 28.3 Å². The molecule has 0 saturated heterocycles. The van der Waals surface area contributed by atoms with Gasteiger partial charge in [-0.25, -0.2) is 4.68 Å². The molecule has 24 heavy (non-hydrogen) atoms. The molecule has 2 heterocycles. The summed E-state index contributed by atoms with van der Waals surface area (Å²) < 4.78 is 1.24. The highest BCUT2D eigenvalue weighted by Gasteiger charge is 2.28. The Bertz CT molecular complexity index is 863. The first-order chi connectivity index (χ1) is 11.5. The topological polar surface area (TPSA) is 107 Å². The van der Waals surface area contributed by atoms with Crippen molar-refractivity contribution in [3.63, 3.8) is 0 Å². The van der Waals surface area contributed by atoms with Gasteiger partial charge in [-0.05, 0) is 12.1 Å². The van der Waals surface area contributed by atoms with Crippen molar-refractivity contribution in [2.45, 2.75) is 10.9 Å². The quantitative estimate of drug-likeness (QED) is 0.507. The van der Waals surface area contributed by atoms with E-state index in [1.54, 1.807) is 7.05 Å². The number of aromatic nitrogens is 2. The minimum Gasteiger partial charge on any atom is -0.303 e. The van der Waals surface area contributed by atoms with Gasteiger partial charge >= 0.3 is 0 Å². The lowest BCUT2D eigenvalue weighted by atomic mass is 9.98. The molecule has 0 amide bonds. The summed E-state index contributed by atoms with van der Waals surface area (Å²) in [4.78, 5) is 35.8. The maximum atomic E-state index is 12.8. The van der Waals surface area contributed by atoms with Crippen LogP contribution in [0.5, 0.6) is 0 Å². The summed E-state index contributed by atoms with van der Waals surface area (Å²) in [5.74, 6) is 0.416. The average Bonchev–Trinajstić information content (AvgIpc) is 2.80. The molecular formula is C15H14N4O4S. The predicted octanol–water partition coefficient (Wildman–Crippen LogP) is 1.31. The van der Waals surface area contributed by atoms with E-state index in [0.717, 1.165) is 0 Å². The van der Waals surface area contributed by atoms with Gasteiger partial charge in [0.1, 0.15) is 0 Å². The van der Waals surface area contributed by atoms with E-state index >= 15 is 0 Å². The minimum atomic E-state index is -0.696. The van der Waals surface area contributed by atoms with Gasteiger partial charge in [0.25, 0.3) is 11.2 Å². The van der Waals surface area contributed by atoms with Crippen LogP contribution < -0.4 is 10.9 Å². The van der Waals surface area contributed by atoms with Gasteiger partial charge in [0.2, 0.25) is 0 Å². The molecule has 1 aromatic heterocycles. The molecule has 3 rings (SSSR count). The number of fused-ring (bicyclic) bond motifs is 1. The van der Waals surface area contributed by atoms with Crippen LogP contribution in [0.2, 0.25) is 0 Å². The summed E-state index contributed by atoms with van der Waals surface area (Å²) in [5, 5.41) is 17.9. The van der Waals surface area contributed by atoms with E-state index in [4.69, 9.17) is 0 Å². The molecule has 1 atom stereocenters. The van der Waals surface area contributed by atoms with Crippen molar-refractivity contribution < 1.29 is 9.72 Å². The van der Waals surface area contributed by atoms with Gasteiger partial charge in [0, 0.05) is 42.6 Å². The van der Waals surface area contributed by atoms with Gasteiger partial charge < -0.3 is 5.32 Å². The van der Waals surface area contributed by atoms with Gasteiger partial charge in [-0.1, -0.05) is 0 Å². The van der Waals surface area contributed by atoms with Gasteiger partial charge in [-0.15, -0.1) is 11.8 Å². The number of Topliss-reactive ketones (excluding diaryl/α,β-unsaturated/α-hetero) is 1. The highest BCUT2D eigenvalue weighted by Crippen LogP contribution is 2.29. The third-order valence-electron chi connectivity index (χ3n) is 3.75. The molecule has 0 fully saturated rings. The summed E-state index contributed by atoms with van der Waals surface area (Å²) in [6, 6.07) is 4.74. The van der Waals surface area contributed by atoms with Crippen molar-refractivity contribution in [2.75, 3.05) is 12.3 Å².